The van der Waals surface area contributed by atoms with E-state index in [1.807, 2.05) is 0 Å². The van der Waals surface area contributed by atoms with Crippen LogP contribution >= 0.6 is 11.6 Å². The molecule has 0 aliphatic carbocycles. The van der Waals surface area contributed by atoms with Gasteiger partial charge in [0.05, 0.1) is 12.1 Å². The minimum Gasteiger partial charge on any atom is -0.506 e. The predicted molar refractivity (Wildman–Crippen MR) is 74.0 cm³/mol. The topological polar surface area (TPSA) is 58.6 Å². The lowest BCUT2D eigenvalue weighted by Gasteiger charge is -2.08. The Morgan fingerprint density at radius 1 is 1.30 bits per heavy atom. The van der Waals surface area contributed by atoms with Crippen molar-refractivity contribution in [1.82, 2.24) is 0 Å². The molecule has 0 radical (unpaired) electrons. The molecule has 0 saturated heterocycles. The standard InChI is InChI=1S/C14H11ClFNO3/c1-20-13-6-8(2-4-11(13)16)14(19)17-9-3-5-12(18)10(15)7-9/h2-7,18H,1H3,(H,17,19). The van der Waals surface area contributed by atoms with Gasteiger partial charge in [0.15, 0.2) is 11.6 Å². The Morgan fingerprint density at radius 2 is 2.05 bits per heavy atom. The van der Waals surface area contributed by atoms with Crippen molar-refractivity contribution in [3.05, 3.63) is 52.8 Å². The van der Waals surface area contributed by atoms with Gasteiger partial charge in [0.1, 0.15) is 5.75 Å². The smallest absolute Gasteiger partial charge is 0.255 e. The monoisotopic (exact) mass is 295 g/mol. The molecule has 6 heteroatoms. The number of anilines is 1. The molecule has 20 heavy (non-hydrogen) atoms. The summed E-state index contributed by atoms with van der Waals surface area (Å²) in [6.45, 7) is 0. The van der Waals surface area contributed by atoms with E-state index in [0.29, 0.717) is 5.69 Å². The van der Waals surface area contributed by atoms with Crippen molar-refractivity contribution in [1.29, 1.82) is 0 Å². The van der Waals surface area contributed by atoms with Crippen molar-refractivity contribution < 1.29 is 19.0 Å². The Hall–Kier alpha value is -2.27. The van der Waals surface area contributed by atoms with Crippen LogP contribution in [0.25, 0.3) is 0 Å². The first-order valence-electron chi connectivity index (χ1n) is 5.64. The predicted octanol–water partition coefficient (Wildman–Crippen LogP) is 3.45. The maximum absolute atomic E-state index is 13.3. The number of phenolic OH excluding ortho intramolecular Hbond substituents is 1. The number of nitrogens with one attached hydrogen (secondary N) is 1. The van der Waals surface area contributed by atoms with Crippen molar-refractivity contribution >= 4 is 23.2 Å². The van der Waals surface area contributed by atoms with Crippen LogP contribution in [0.2, 0.25) is 5.02 Å². The van der Waals surface area contributed by atoms with E-state index in [0.717, 1.165) is 6.07 Å². The van der Waals surface area contributed by atoms with Crippen molar-refractivity contribution in [3.63, 3.8) is 0 Å². The number of carbonyl (C=O) groups excluding carboxylic acids is 1. The van der Waals surface area contributed by atoms with Crippen LogP contribution in [0.15, 0.2) is 36.4 Å². The molecule has 104 valence electrons. The van der Waals surface area contributed by atoms with Crippen LogP contribution < -0.4 is 10.1 Å². The zero-order valence-corrected chi connectivity index (χ0v) is 11.2. The molecule has 0 aliphatic heterocycles. The highest BCUT2D eigenvalue weighted by Gasteiger charge is 2.11. The molecule has 0 saturated carbocycles. The Balaban J connectivity index is 2.21. The number of ether oxygens (including phenoxy) is 1. The third-order valence-corrected chi connectivity index (χ3v) is 2.92. The maximum Gasteiger partial charge on any atom is 0.255 e. The second kappa shape index (κ2) is 5.79. The summed E-state index contributed by atoms with van der Waals surface area (Å²) in [5.74, 6) is -1.07. The highest BCUT2D eigenvalue weighted by molar-refractivity contribution is 6.32. The number of methoxy groups -OCH3 is 1. The molecule has 1 amide bonds. The number of aromatic hydroxyl groups is 1. The number of hydrogen-bond acceptors (Lipinski definition) is 3. The Kier molecular flexibility index (Phi) is 4.10. The van der Waals surface area contributed by atoms with Gasteiger partial charge >= 0.3 is 0 Å². The number of rotatable bonds is 3. The van der Waals surface area contributed by atoms with Crippen LogP contribution in [0.5, 0.6) is 11.5 Å². The number of amides is 1. The van der Waals surface area contributed by atoms with Gasteiger partial charge in [-0.3, -0.25) is 4.79 Å². The summed E-state index contributed by atoms with van der Waals surface area (Å²) in [5, 5.41) is 12.0. The van der Waals surface area contributed by atoms with E-state index in [9.17, 15) is 14.3 Å². The highest BCUT2D eigenvalue weighted by Crippen LogP contribution is 2.26. The minimum absolute atomic E-state index is 0.0126. The first-order chi connectivity index (χ1) is 9.51. The van der Waals surface area contributed by atoms with Crippen LogP contribution in [0.3, 0.4) is 0 Å². The van der Waals surface area contributed by atoms with Crippen molar-refractivity contribution in [2.45, 2.75) is 0 Å². The van der Waals surface area contributed by atoms with E-state index in [2.05, 4.69) is 5.32 Å². The number of halogens is 2. The number of carbonyl (C=O) groups is 1. The Labute approximate surface area is 119 Å². The highest BCUT2D eigenvalue weighted by atomic mass is 35.5. The number of benzene rings is 2. The molecule has 0 heterocycles. The van der Waals surface area contributed by atoms with Crippen LogP contribution in [0.1, 0.15) is 10.4 Å². The molecule has 2 aromatic rings. The molecule has 2 aromatic carbocycles. The van der Waals surface area contributed by atoms with Crippen LogP contribution in [0.4, 0.5) is 10.1 Å². The molecule has 0 fully saturated rings. The molecule has 4 nitrogen and oxygen atoms in total. The molecule has 0 spiro atoms. The quantitative estimate of drug-likeness (QED) is 0.853. The number of hydrogen-bond donors (Lipinski definition) is 2. The lowest BCUT2D eigenvalue weighted by molar-refractivity contribution is 0.102. The van der Waals surface area contributed by atoms with Gasteiger partial charge < -0.3 is 15.2 Å². The fraction of sp³-hybridized carbons (Fsp3) is 0.0714. The third kappa shape index (κ3) is 3.00. The van der Waals surface area contributed by atoms with E-state index >= 15 is 0 Å². The van der Waals surface area contributed by atoms with Crippen LogP contribution in [-0.2, 0) is 0 Å². The Morgan fingerprint density at radius 3 is 2.70 bits per heavy atom. The van der Waals surface area contributed by atoms with Gasteiger partial charge in [-0.15, -0.1) is 0 Å². The van der Waals surface area contributed by atoms with E-state index in [-0.39, 0.29) is 22.1 Å². The third-order valence-electron chi connectivity index (χ3n) is 2.62. The lowest BCUT2D eigenvalue weighted by atomic mass is 10.2. The van der Waals surface area contributed by atoms with Gasteiger partial charge in [-0.25, -0.2) is 4.39 Å². The van der Waals surface area contributed by atoms with E-state index in [1.165, 1.54) is 37.4 Å². The summed E-state index contributed by atoms with van der Waals surface area (Å²) in [6.07, 6.45) is 0. The minimum atomic E-state index is -0.545. The SMILES string of the molecule is COc1cc(C(=O)Nc2ccc(O)c(Cl)c2)ccc1F. The van der Waals surface area contributed by atoms with Crippen LogP contribution in [-0.4, -0.2) is 18.1 Å². The molecule has 2 N–H and O–H groups in total. The van der Waals surface area contributed by atoms with E-state index < -0.39 is 11.7 Å². The number of phenols is 1. The molecule has 0 unspecified atom stereocenters. The Bertz CT molecular complexity index is 661. The van der Waals surface area contributed by atoms with Gasteiger partial charge in [0.25, 0.3) is 5.91 Å². The average Bonchev–Trinajstić information content (AvgIpc) is 2.43. The van der Waals surface area contributed by atoms with Crippen molar-refractivity contribution in [2.24, 2.45) is 0 Å². The van der Waals surface area contributed by atoms with Gasteiger partial charge in [0.2, 0.25) is 0 Å². The summed E-state index contributed by atoms with van der Waals surface area (Å²) < 4.78 is 18.1. The molecular weight excluding hydrogens is 285 g/mol. The van der Waals surface area contributed by atoms with Crippen molar-refractivity contribution in [2.75, 3.05) is 12.4 Å². The zero-order chi connectivity index (χ0) is 14.7. The van der Waals surface area contributed by atoms with Crippen molar-refractivity contribution in [3.8, 4) is 11.5 Å². The average molecular weight is 296 g/mol. The lowest BCUT2D eigenvalue weighted by Crippen LogP contribution is -2.12. The normalized spacial score (nSPS) is 10.2. The summed E-state index contributed by atoms with van der Waals surface area (Å²) in [5.41, 5.74) is 0.661. The van der Waals surface area contributed by atoms with Gasteiger partial charge in [-0.1, -0.05) is 11.6 Å². The van der Waals surface area contributed by atoms with Gasteiger partial charge in [-0.2, -0.15) is 0 Å². The summed E-state index contributed by atoms with van der Waals surface area (Å²) in [6, 6.07) is 8.07. The molecule has 0 aromatic heterocycles. The van der Waals surface area contributed by atoms with Gasteiger partial charge in [0, 0.05) is 11.3 Å². The second-order valence-electron chi connectivity index (χ2n) is 3.97. The largest absolute Gasteiger partial charge is 0.506 e. The van der Waals surface area contributed by atoms with E-state index in [4.69, 9.17) is 16.3 Å². The molecule has 0 bridgehead atoms. The summed E-state index contributed by atoms with van der Waals surface area (Å²) in [7, 11) is 1.32. The molecule has 2 rings (SSSR count). The summed E-state index contributed by atoms with van der Waals surface area (Å²) in [4.78, 5) is 12.0. The van der Waals surface area contributed by atoms with Gasteiger partial charge in [-0.05, 0) is 36.4 Å². The fourth-order valence-electron chi connectivity index (χ4n) is 1.59. The maximum atomic E-state index is 13.3. The molecule has 0 aliphatic rings. The fourth-order valence-corrected chi connectivity index (χ4v) is 1.77. The summed E-state index contributed by atoms with van der Waals surface area (Å²) >= 11 is 5.74. The first-order valence-corrected chi connectivity index (χ1v) is 6.02. The van der Waals surface area contributed by atoms with E-state index in [1.54, 1.807) is 0 Å². The van der Waals surface area contributed by atoms with Crippen LogP contribution in [0, 0.1) is 5.82 Å². The molecule has 0 atom stereocenters. The molecular formula is C14H11ClFNO3. The zero-order valence-electron chi connectivity index (χ0n) is 10.5. The first kappa shape index (κ1) is 14.1. The second-order valence-corrected chi connectivity index (χ2v) is 4.38.